The predicted molar refractivity (Wildman–Crippen MR) is 56.6 cm³/mol. The number of unbranched alkanes of at least 4 members (excludes halogenated alkanes) is 1. The molecule has 0 aromatic carbocycles. The summed E-state index contributed by atoms with van der Waals surface area (Å²) in [6.45, 7) is 8.66. The van der Waals surface area contributed by atoms with Gasteiger partial charge < -0.3 is 4.90 Å². The highest BCUT2D eigenvalue weighted by Crippen LogP contribution is 2.17. The normalized spacial score (nSPS) is 21.6. The first-order chi connectivity index (χ1) is 6.33. The second kappa shape index (κ2) is 5.10. The van der Waals surface area contributed by atoms with Gasteiger partial charge in [0.05, 0.1) is 0 Å². The molecular weight excluding hydrogens is 162 g/mol. The standard InChI is InChI=1S/C10H21N3/c1-4-7-8-10-12(5-2)9-11-13(10)6-3/h9-10H,4-8H2,1-3H3. The molecule has 0 radical (unpaired) electrons. The van der Waals surface area contributed by atoms with Crippen LogP contribution in [0, 0.1) is 0 Å². The highest BCUT2D eigenvalue weighted by atomic mass is 15.6. The van der Waals surface area contributed by atoms with Crippen LogP contribution in [0.2, 0.25) is 0 Å². The van der Waals surface area contributed by atoms with Gasteiger partial charge in [-0.2, -0.15) is 5.10 Å². The van der Waals surface area contributed by atoms with E-state index in [0.29, 0.717) is 6.17 Å². The fourth-order valence-electron chi connectivity index (χ4n) is 1.74. The molecule has 1 aliphatic rings. The predicted octanol–water partition coefficient (Wildman–Crippen LogP) is 2.10. The van der Waals surface area contributed by atoms with Crippen molar-refractivity contribution in [3.05, 3.63) is 0 Å². The van der Waals surface area contributed by atoms with Gasteiger partial charge in [0.2, 0.25) is 0 Å². The minimum atomic E-state index is 0.523. The number of rotatable bonds is 5. The van der Waals surface area contributed by atoms with Gasteiger partial charge in [-0.05, 0) is 26.7 Å². The molecule has 0 saturated heterocycles. The molecule has 0 aromatic rings. The summed E-state index contributed by atoms with van der Waals surface area (Å²) in [5.41, 5.74) is 0. The zero-order valence-electron chi connectivity index (χ0n) is 9.03. The van der Waals surface area contributed by atoms with Crippen molar-refractivity contribution in [1.82, 2.24) is 9.91 Å². The van der Waals surface area contributed by atoms with Crippen LogP contribution >= 0.6 is 0 Å². The third-order valence-electron chi connectivity index (χ3n) is 2.58. The highest BCUT2D eigenvalue weighted by Gasteiger charge is 2.24. The summed E-state index contributed by atoms with van der Waals surface area (Å²) < 4.78 is 0. The van der Waals surface area contributed by atoms with Crippen LogP contribution in [-0.4, -0.2) is 35.5 Å². The maximum atomic E-state index is 4.38. The van der Waals surface area contributed by atoms with Gasteiger partial charge in [-0.3, -0.25) is 5.01 Å². The summed E-state index contributed by atoms with van der Waals surface area (Å²) >= 11 is 0. The Bertz CT molecular complexity index is 154. The van der Waals surface area contributed by atoms with E-state index in [1.54, 1.807) is 0 Å². The zero-order valence-corrected chi connectivity index (χ0v) is 9.03. The fraction of sp³-hybridized carbons (Fsp3) is 0.900. The third kappa shape index (κ3) is 2.36. The molecule has 1 atom stereocenters. The largest absolute Gasteiger partial charge is 0.340 e. The van der Waals surface area contributed by atoms with Gasteiger partial charge in [0, 0.05) is 13.1 Å². The molecule has 0 fully saturated rings. The maximum Gasteiger partial charge on any atom is 0.119 e. The average Bonchev–Trinajstić information content (AvgIpc) is 2.56. The molecule has 0 aromatic heterocycles. The Morgan fingerprint density at radius 2 is 2.00 bits per heavy atom. The van der Waals surface area contributed by atoms with Crippen LogP contribution in [0.3, 0.4) is 0 Å². The molecule has 1 heterocycles. The lowest BCUT2D eigenvalue weighted by atomic mass is 10.2. The SMILES string of the molecule is CCCCC1N(CC)C=NN1CC. The van der Waals surface area contributed by atoms with Gasteiger partial charge in [-0.25, -0.2) is 0 Å². The van der Waals surface area contributed by atoms with Crippen LogP contribution in [0.4, 0.5) is 0 Å². The third-order valence-corrected chi connectivity index (χ3v) is 2.58. The van der Waals surface area contributed by atoms with Crippen LogP contribution in [-0.2, 0) is 0 Å². The smallest absolute Gasteiger partial charge is 0.119 e. The molecule has 0 amide bonds. The Kier molecular flexibility index (Phi) is 4.06. The highest BCUT2D eigenvalue weighted by molar-refractivity contribution is 5.56. The Hall–Kier alpha value is -0.730. The first-order valence-electron chi connectivity index (χ1n) is 5.39. The molecule has 1 unspecified atom stereocenters. The van der Waals surface area contributed by atoms with Gasteiger partial charge in [0.25, 0.3) is 0 Å². The van der Waals surface area contributed by atoms with Gasteiger partial charge in [-0.15, -0.1) is 0 Å². The molecule has 3 nitrogen and oxygen atoms in total. The van der Waals surface area contributed by atoms with Gasteiger partial charge in [-0.1, -0.05) is 13.3 Å². The van der Waals surface area contributed by atoms with Crippen molar-refractivity contribution in [2.45, 2.75) is 46.2 Å². The molecule has 1 aliphatic heterocycles. The van der Waals surface area contributed by atoms with Crippen LogP contribution in [0.5, 0.6) is 0 Å². The molecule has 76 valence electrons. The summed E-state index contributed by atoms with van der Waals surface area (Å²) in [4.78, 5) is 2.32. The van der Waals surface area contributed by atoms with Crippen LogP contribution in [0.25, 0.3) is 0 Å². The zero-order chi connectivity index (χ0) is 9.68. The van der Waals surface area contributed by atoms with E-state index in [1.807, 2.05) is 6.34 Å². The van der Waals surface area contributed by atoms with Gasteiger partial charge in [0.15, 0.2) is 0 Å². The van der Waals surface area contributed by atoms with Gasteiger partial charge in [0.1, 0.15) is 12.5 Å². The summed E-state index contributed by atoms with van der Waals surface area (Å²) in [6.07, 6.45) is 6.30. The Morgan fingerprint density at radius 3 is 2.54 bits per heavy atom. The lowest BCUT2D eigenvalue weighted by molar-refractivity contribution is 0.129. The number of hydrogen-bond acceptors (Lipinski definition) is 3. The van der Waals surface area contributed by atoms with E-state index < -0.39 is 0 Å². The Morgan fingerprint density at radius 1 is 1.23 bits per heavy atom. The van der Waals surface area contributed by atoms with Crippen molar-refractivity contribution in [2.24, 2.45) is 5.10 Å². The molecule has 0 saturated carbocycles. The molecule has 0 N–H and O–H groups in total. The summed E-state index contributed by atoms with van der Waals surface area (Å²) in [5, 5.41) is 6.55. The van der Waals surface area contributed by atoms with E-state index in [0.717, 1.165) is 13.1 Å². The van der Waals surface area contributed by atoms with Crippen LogP contribution in [0.1, 0.15) is 40.0 Å². The molecular formula is C10H21N3. The maximum absolute atomic E-state index is 4.38. The van der Waals surface area contributed by atoms with E-state index in [1.165, 1.54) is 19.3 Å². The first kappa shape index (κ1) is 10.4. The summed E-state index contributed by atoms with van der Waals surface area (Å²) in [7, 11) is 0. The second-order valence-corrected chi connectivity index (χ2v) is 3.44. The van der Waals surface area contributed by atoms with Crippen LogP contribution in [0.15, 0.2) is 5.10 Å². The number of nitrogens with zero attached hydrogens (tertiary/aromatic N) is 3. The van der Waals surface area contributed by atoms with E-state index in [2.05, 4.69) is 35.8 Å². The van der Waals surface area contributed by atoms with Crippen molar-refractivity contribution >= 4 is 6.34 Å². The number of hydrogen-bond donors (Lipinski definition) is 0. The van der Waals surface area contributed by atoms with E-state index >= 15 is 0 Å². The molecule has 3 heteroatoms. The average molecular weight is 183 g/mol. The summed E-state index contributed by atoms with van der Waals surface area (Å²) in [5.74, 6) is 0. The minimum absolute atomic E-state index is 0.523. The van der Waals surface area contributed by atoms with Crippen molar-refractivity contribution < 1.29 is 0 Å². The van der Waals surface area contributed by atoms with Gasteiger partial charge >= 0.3 is 0 Å². The van der Waals surface area contributed by atoms with E-state index in [-0.39, 0.29) is 0 Å². The lowest BCUT2D eigenvalue weighted by Gasteiger charge is -2.29. The summed E-state index contributed by atoms with van der Waals surface area (Å²) in [6, 6.07) is 0. The molecule has 0 spiro atoms. The lowest BCUT2D eigenvalue weighted by Crippen LogP contribution is -2.39. The minimum Gasteiger partial charge on any atom is -0.340 e. The molecule has 0 bridgehead atoms. The quantitative estimate of drug-likeness (QED) is 0.650. The Balaban J connectivity index is 2.45. The molecule has 1 rings (SSSR count). The van der Waals surface area contributed by atoms with Crippen molar-refractivity contribution in [2.75, 3.05) is 13.1 Å². The van der Waals surface area contributed by atoms with Crippen molar-refractivity contribution in [1.29, 1.82) is 0 Å². The first-order valence-corrected chi connectivity index (χ1v) is 5.39. The van der Waals surface area contributed by atoms with Crippen LogP contribution < -0.4 is 0 Å². The monoisotopic (exact) mass is 183 g/mol. The van der Waals surface area contributed by atoms with Crippen molar-refractivity contribution in [3.8, 4) is 0 Å². The van der Waals surface area contributed by atoms with E-state index in [9.17, 15) is 0 Å². The fourth-order valence-corrected chi connectivity index (χ4v) is 1.74. The molecule has 0 aliphatic carbocycles. The topological polar surface area (TPSA) is 18.8 Å². The number of hydrazone groups is 1. The molecule has 13 heavy (non-hydrogen) atoms. The second-order valence-electron chi connectivity index (χ2n) is 3.44. The van der Waals surface area contributed by atoms with Crippen molar-refractivity contribution in [3.63, 3.8) is 0 Å². The van der Waals surface area contributed by atoms with E-state index in [4.69, 9.17) is 0 Å². The Labute approximate surface area is 81.4 Å².